The summed E-state index contributed by atoms with van der Waals surface area (Å²) in [5.41, 5.74) is 0. The SMILES string of the molecule is CCOC/C=C\C[C@H]1C(Cl)CC(O)[C@@H]1CCC(OP)C1CCCCC1. The summed E-state index contributed by atoms with van der Waals surface area (Å²) < 4.78 is 11.1. The molecule has 0 amide bonds. The molecule has 146 valence electrons. The van der Waals surface area contributed by atoms with Crippen molar-refractivity contribution in [1.29, 1.82) is 0 Å². The zero-order valence-electron chi connectivity index (χ0n) is 15.6. The Hall–Kier alpha value is 0.340. The number of alkyl halides is 1. The van der Waals surface area contributed by atoms with Gasteiger partial charge in [-0.25, -0.2) is 0 Å². The van der Waals surface area contributed by atoms with E-state index >= 15 is 0 Å². The molecule has 0 aliphatic heterocycles. The average Bonchev–Trinajstić information content (AvgIpc) is 2.89. The number of hydrogen-bond donors (Lipinski definition) is 1. The maximum atomic E-state index is 10.5. The fourth-order valence-corrected chi connectivity index (χ4v) is 5.48. The zero-order chi connectivity index (χ0) is 18.1. The highest BCUT2D eigenvalue weighted by molar-refractivity contribution is 7.09. The standard InChI is InChI=1S/C20H36ClO3P/c1-2-23-13-7-6-10-16-17(19(22)14-18(16)21)11-12-20(24-25)15-8-4-3-5-9-15/h6-7,15-20,22H,2-5,8-14,25H2,1H3/b7-6-/t16-,17-,18?,19?,20?/m1/s1. The summed E-state index contributed by atoms with van der Waals surface area (Å²) in [6, 6.07) is 0. The molecule has 0 radical (unpaired) electrons. The molecule has 2 saturated carbocycles. The summed E-state index contributed by atoms with van der Waals surface area (Å²) in [6.45, 7) is 3.40. The molecule has 0 heterocycles. The number of aliphatic hydroxyl groups excluding tert-OH is 1. The molecule has 0 saturated heterocycles. The highest BCUT2D eigenvalue weighted by atomic mass is 35.5. The van der Waals surface area contributed by atoms with Crippen LogP contribution in [0.5, 0.6) is 0 Å². The van der Waals surface area contributed by atoms with Crippen LogP contribution in [-0.4, -0.2) is 35.9 Å². The maximum Gasteiger partial charge on any atom is 0.0647 e. The molecule has 2 aliphatic rings. The molecule has 2 aliphatic carbocycles. The number of allylic oxidation sites excluding steroid dienone is 1. The number of aliphatic hydroxyl groups is 1. The van der Waals surface area contributed by atoms with Gasteiger partial charge in [-0.15, -0.1) is 11.6 Å². The predicted octanol–water partition coefficient (Wildman–Crippen LogP) is 5.11. The minimum Gasteiger partial charge on any atom is -0.393 e. The summed E-state index contributed by atoms with van der Waals surface area (Å²) in [7, 11) is 2.47. The Labute approximate surface area is 161 Å². The molecule has 3 nitrogen and oxygen atoms in total. The van der Waals surface area contributed by atoms with Gasteiger partial charge in [-0.2, -0.15) is 0 Å². The van der Waals surface area contributed by atoms with Crippen molar-refractivity contribution in [3.05, 3.63) is 12.2 Å². The van der Waals surface area contributed by atoms with Gasteiger partial charge in [0.15, 0.2) is 0 Å². The number of rotatable bonds is 10. The average molecular weight is 391 g/mol. The third kappa shape index (κ3) is 6.78. The first kappa shape index (κ1) is 21.6. The Morgan fingerprint density at radius 3 is 2.64 bits per heavy atom. The highest BCUT2D eigenvalue weighted by Crippen LogP contribution is 2.42. The van der Waals surface area contributed by atoms with Gasteiger partial charge in [0.05, 0.1) is 18.8 Å². The van der Waals surface area contributed by atoms with Gasteiger partial charge in [-0.3, -0.25) is 0 Å². The van der Waals surface area contributed by atoms with Crippen LogP contribution in [-0.2, 0) is 9.26 Å². The third-order valence-corrected chi connectivity index (χ3v) is 6.95. The van der Waals surface area contributed by atoms with E-state index in [0.717, 1.165) is 25.9 Å². The van der Waals surface area contributed by atoms with Crippen LogP contribution in [0.25, 0.3) is 0 Å². The Morgan fingerprint density at radius 1 is 1.20 bits per heavy atom. The van der Waals surface area contributed by atoms with E-state index in [1.807, 2.05) is 6.92 Å². The number of hydrogen-bond acceptors (Lipinski definition) is 3. The molecule has 2 rings (SSSR count). The van der Waals surface area contributed by atoms with Crippen LogP contribution in [0.15, 0.2) is 12.2 Å². The molecular weight excluding hydrogens is 355 g/mol. The van der Waals surface area contributed by atoms with Crippen LogP contribution in [0.3, 0.4) is 0 Å². The Morgan fingerprint density at radius 2 is 1.96 bits per heavy atom. The summed E-state index contributed by atoms with van der Waals surface area (Å²) >= 11 is 6.55. The van der Waals surface area contributed by atoms with E-state index in [1.165, 1.54) is 32.1 Å². The van der Waals surface area contributed by atoms with Crippen LogP contribution in [0.1, 0.15) is 64.7 Å². The molecule has 5 heteroatoms. The van der Waals surface area contributed by atoms with E-state index in [-0.39, 0.29) is 17.4 Å². The minimum absolute atomic E-state index is 0.0711. The fraction of sp³-hybridized carbons (Fsp3) is 0.900. The molecule has 6 atom stereocenters. The van der Waals surface area contributed by atoms with Crippen molar-refractivity contribution in [3.8, 4) is 0 Å². The molecular formula is C20H36ClO3P. The van der Waals surface area contributed by atoms with Crippen molar-refractivity contribution in [3.63, 3.8) is 0 Å². The first-order valence-electron chi connectivity index (χ1n) is 10.1. The second-order valence-corrected chi connectivity index (χ2v) is 8.50. The fourth-order valence-electron chi connectivity index (χ4n) is 4.65. The summed E-state index contributed by atoms with van der Waals surface area (Å²) in [6.07, 6.45) is 14.6. The van der Waals surface area contributed by atoms with E-state index < -0.39 is 0 Å². The smallest absolute Gasteiger partial charge is 0.0647 e. The lowest BCUT2D eigenvalue weighted by Crippen LogP contribution is -2.27. The molecule has 0 spiro atoms. The van der Waals surface area contributed by atoms with Gasteiger partial charge >= 0.3 is 0 Å². The van der Waals surface area contributed by atoms with Gasteiger partial charge in [0, 0.05) is 21.5 Å². The van der Waals surface area contributed by atoms with Gasteiger partial charge in [-0.1, -0.05) is 31.4 Å². The van der Waals surface area contributed by atoms with Crippen LogP contribution in [0, 0.1) is 17.8 Å². The van der Waals surface area contributed by atoms with E-state index in [9.17, 15) is 5.11 Å². The molecule has 0 aromatic heterocycles. The number of ether oxygens (including phenoxy) is 1. The van der Waals surface area contributed by atoms with Crippen molar-refractivity contribution in [2.24, 2.45) is 17.8 Å². The normalized spacial score (nSPS) is 32.5. The molecule has 0 aromatic rings. The second-order valence-electron chi connectivity index (χ2n) is 7.66. The van der Waals surface area contributed by atoms with Crippen LogP contribution in [0.4, 0.5) is 0 Å². The van der Waals surface area contributed by atoms with Crippen LogP contribution < -0.4 is 0 Å². The Kier molecular flexibility index (Phi) is 10.3. The van der Waals surface area contributed by atoms with Crippen molar-refractivity contribution < 1.29 is 14.4 Å². The summed E-state index contributed by atoms with van der Waals surface area (Å²) in [4.78, 5) is 0. The first-order chi connectivity index (χ1) is 12.2. The lowest BCUT2D eigenvalue weighted by Gasteiger charge is -2.31. The zero-order valence-corrected chi connectivity index (χ0v) is 17.5. The van der Waals surface area contributed by atoms with E-state index in [0.29, 0.717) is 31.0 Å². The van der Waals surface area contributed by atoms with Crippen molar-refractivity contribution in [1.82, 2.24) is 0 Å². The van der Waals surface area contributed by atoms with Gasteiger partial charge in [-0.05, 0) is 63.2 Å². The van der Waals surface area contributed by atoms with Crippen molar-refractivity contribution in [2.45, 2.75) is 82.3 Å². The topological polar surface area (TPSA) is 38.7 Å². The monoisotopic (exact) mass is 390 g/mol. The molecule has 0 aromatic carbocycles. The van der Waals surface area contributed by atoms with Crippen LogP contribution in [0.2, 0.25) is 0 Å². The number of halogens is 1. The predicted molar refractivity (Wildman–Crippen MR) is 108 cm³/mol. The van der Waals surface area contributed by atoms with E-state index in [4.69, 9.17) is 20.9 Å². The highest BCUT2D eigenvalue weighted by Gasteiger charge is 2.41. The minimum atomic E-state index is -0.274. The maximum absolute atomic E-state index is 10.5. The van der Waals surface area contributed by atoms with Crippen LogP contribution >= 0.6 is 21.1 Å². The molecule has 0 bridgehead atoms. The van der Waals surface area contributed by atoms with Gasteiger partial charge in [0.25, 0.3) is 0 Å². The summed E-state index contributed by atoms with van der Waals surface area (Å²) in [5, 5.41) is 10.6. The summed E-state index contributed by atoms with van der Waals surface area (Å²) in [5.74, 6) is 1.32. The van der Waals surface area contributed by atoms with Gasteiger partial charge in [0.1, 0.15) is 0 Å². The quantitative estimate of drug-likeness (QED) is 0.244. The van der Waals surface area contributed by atoms with Gasteiger partial charge < -0.3 is 14.4 Å². The largest absolute Gasteiger partial charge is 0.393 e. The lowest BCUT2D eigenvalue weighted by molar-refractivity contribution is 0.0783. The molecule has 1 N–H and O–H groups in total. The lowest BCUT2D eigenvalue weighted by atomic mass is 9.81. The molecule has 4 unspecified atom stereocenters. The first-order valence-corrected chi connectivity index (χ1v) is 11.0. The van der Waals surface area contributed by atoms with Gasteiger partial charge in [0.2, 0.25) is 0 Å². The Balaban J connectivity index is 1.84. The van der Waals surface area contributed by atoms with E-state index in [1.54, 1.807) is 0 Å². The van der Waals surface area contributed by atoms with Crippen molar-refractivity contribution >= 4 is 21.1 Å². The third-order valence-electron chi connectivity index (χ3n) is 6.10. The van der Waals surface area contributed by atoms with E-state index in [2.05, 4.69) is 21.6 Å². The Bertz CT molecular complexity index is 387. The molecule has 2 fully saturated rings. The van der Waals surface area contributed by atoms with Crippen molar-refractivity contribution in [2.75, 3.05) is 13.2 Å². The second kappa shape index (κ2) is 11.9. The molecule has 25 heavy (non-hydrogen) atoms.